The van der Waals surface area contributed by atoms with E-state index in [2.05, 4.69) is 46.5 Å². The molecule has 5 heteroatoms. The van der Waals surface area contributed by atoms with Gasteiger partial charge >= 0.3 is 0 Å². The molecular weight excluding hydrogens is 312 g/mol. The highest BCUT2D eigenvalue weighted by Gasteiger charge is 2.16. The van der Waals surface area contributed by atoms with Crippen LogP contribution in [0.15, 0.2) is 42.7 Å². The van der Waals surface area contributed by atoms with Crippen molar-refractivity contribution in [3.05, 3.63) is 48.3 Å². The summed E-state index contributed by atoms with van der Waals surface area (Å²) in [5.41, 5.74) is 4.68. The number of fused-ring (bicyclic) bond motifs is 1. The van der Waals surface area contributed by atoms with Gasteiger partial charge in [0, 0.05) is 30.4 Å². The van der Waals surface area contributed by atoms with E-state index < -0.39 is 0 Å². The zero-order valence-electron chi connectivity index (χ0n) is 14.4. The number of piperidine rings is 1. The van der Waals surface area contributed by atoms with E-state index in [-0.39, 0.29) is 0 Å². The van der Waals surface area contributed by atoms with Crippen LogP contribution in [0.4, 0.5) is 0 Å². The van der Waals surface area contributed by atoms with Crippen molar-refractivity contribution in [2.24, 2.45) is 5.92 Å². The zero-order chi connectivity index (χ0) is 17.1. The van der Waals surface area contributed by atoms with Crippen molar-refractivity contribution >= 4 is 11.0 Å². The van der Waals surface area contributed by atoms with Crippen molar-refractivity contribution in [3.8, 4) is 17.1 Å². The average molecular weight is 334 g/mol. The monoisotopic (exact) mass is 334 g/mol. The standard InChI is InChI=1S/C20H22N4O/c1-14-4-6-16(7-5-14)17-11-18-19(23-10-9-22-18)20(24-17)25-13-15-3-2-8-21-12-15/h4-7,9-11,15,21H,2-3,8,12-13H2,1H3. The maximum Gasteiger partial charge on any atom is 0.242 e. The molecule has 4 rings (SSSR count). The molecule has 1 aliphatic rings. The van der Waals surface area contributed by atoms with E-state index in [1.807, 2.05) is 6.07 Å². The van der Waals surface area contributed by atoms with Crippen molar-refractivity contribution < 1.29 is 4.74 Å². The minimum atomic E-state index is 0.519. The third-order valence-electron chi connectivity index (χ3n) is 4.63. The number of benzene rings is 1. The molecule has 25 heavy (non-hydrogen) atoms. The van der Waals surface area contributed by atoms with Gasteiger partial charge in [-0.2, -0.15) is 0 Å². The number of ether oxygens (including phenoxy) is 1. The van der Waals surface area contributed by atoms with Crippen LogP contribution in [0.3, 0.4) is 0 Å². The van der Waals surface area contributed by atoms with Gasteiger partial charge in [0.25, 0.3) is 0 Å². The first-order valence-corrected chi connectivity index (χ1v) is 8.82. The summed E-state index contributed by atoms with van der Waals surface area (Å²) in [7, 11) is 0. The Labute approximate surface area is 147 Å². The summed E-state index contributed by atoms with van der Waals surface area (Å²) in [6.07, 6.45) is 5.78. The summed E-state index contributed by atoms with van der Waals surface area (Å²) in [4.78, 5) is 13.6. The van der Waals surface area contributed by atoms with Crippen molar-refractivity contribution in [1.82, 2.24) is 20.3 Å². The summed E-state index contributed by atoms with van der Waals surface area (Å²) in [6, 6.07) is 10.3. The van der Waals surface area contributed by atoms with E-state index >= 15 is 0 Å². The molecule has 1 aromatic carbocycles. The molecule has 1 N–H and O–H groups in total. The van der Waals surface area contributed by atoms with Crippen LogP contribution in [-0.2, 0) is 0 Å². The molecule has 1 unspecified atom stereocenters. The Morgan fingerprint density at radius 2 is 2.00 bits per heavy atom. The quantitative estimate of drug-likeness (QED) is 0.792. The third kappa shape index (κ3) is 3.61. The number of aromatic nitrogens is 3. The first kappa shape index (κ1) is 16.0. The highest BCUT2D eigenvalue weighted by atomic mass is 16.5. The normalized spacial score (nSPS) is 17.6. The number of nitrogens with one attached hydrogen (secondary N) is 1. The predicted molar refractivity (Wildman–Crippen MR) is 98.6 cm³/mol. The molecule has 1 aliphatic heterocycles. The summed E-state index contributed by atoms with van der Waals surface area (Å²) in [5, 5.41) is 3.42. The van der Waals surface area contributed by atoms with Gasteiger partial charge in [-0.1, -0.05) is 29.8 Å². The highest BCUT2D eigenvalue weighted by Crippen LogP contribution is 2.27. The van der Waals surface area contributed by atoms with Gasteiger partial charge in [-0.05, 0) is 32.4 Å². The van der Waals surface area contributed by atoms with E-state index in [4.69, 9.17) is 9.72 Å². The van der Waals surface area contributed by atoms with Gasteiger partial charge in [-0.25, -0.2) is 9.97 Å². The summed E-state index contributed by atoms with van der Waals surface area (Å²) >= 11 is 0. The van der Waals surface area contributed by atoms with Crippen LogP contribution >= 0.6 is 0 Å². The van der Waals surface area contributed by atoms with E-state index in [1.54, 1.807) is 12.4 Å². The predicted octanol–water partition coefficient (Wildman–Crippen LogP) is 3.38. The topological polar surface area (TPSA) is 59.9 Å². The molecule has 0 bridgehead atoms. The second-order valence-corrected chi connectivity index (χ2v) is 6.63. The van der Waals surface area contributed by atoms with Gasteiger partial charge in [0.05, 0.1) is 17.8 Å². The van der Waals surface area contributed by atoms with Gasteiger partial charge in [-0.3, -0.25) is 4.98 Å². The Kier molecular flexibility index (Phi) is 4.57. The SMILES string of the molecule is Cc1ccc(-c2cc3nccnc3c(OCC3CCCNC3)n2)cc1. The second-order valence-electron chi connectivity index (χ2n) is 6.63. The molecule has 2 aromatic heterocycles. The molecular formula is C20H22N4O. The Morgan fingerprint density at radius 3 is 2.80 bits per heavy atom. The zero-order valence-corrected chi connectivity index (χ0v) is 14.4. The highest BCUT2D eigenvalue weighted by molar-refractivity contribution is 5.83. The van der Waals surface area contributed by atoms with E-state index in [0.29, 0.717) is 18.4 Å². The van der Waals surface area contributed by atoms with Crippen molar-refractivity contribution in [2.45, 2.75) is 19.8 Å². The number of aryl methyl sites for hydroxylation is 1. The van der Waals surface area contributed by atoms with Gasteiger partial charge < -0.3 is 10.1 Å². The fourth-order valence-electron chi connectivity index (χ4n) is 3.18. The molecule has 0 saturated carbocycles. The Balaban J connectivity index is 1.67. The molecule has 3 heterocycles. The summed E-state index contributed by atoms with van der Waals surface area (Å²) in [6.45, 7) is 4.84. The van der Waals surface area contributed by atoms with E-state index in [9.17, 15) is 0 Å². The van der Waals surface area contributed by atoms with Gasteiger partial charge in [0.15, 0.2) is 5.52 Å². The molecule has 1 saturated heterocycles. The van der Waals surface area contributed by atoms with Gasteiger partial charge in [0.2, 0.25) is 5.88 Å². The molecule has 0 aliphatic carbocycles. The number of hydrogen-bond donors (Lipinski definition) is 1. The van der Waals surface area contributed by atoms with Gasteiger partial charge in [0.1, 0.15) is 0 Å². The summed E-state index contributed by atoms with van der Waals surface area (Å²) < 4.78 is 6.09. The Morgan fingerprint density at radius 1 is 1.16 bits per heavy atom. The van der Waals surface area contributed by atoms with Crippen LogP contribution in [-0.4, -0.2) is 34.6 Å². The number of rotatable bonds is 4. The molecule has 0 spiro atoms. The smallest absolute Gasteiger partial charge is 0.242 e. The van der Waals surface area contributed by atoms with Gasteiger partial charge in [-0.15, -0.1) is 0 Å². The largest absolute Gasteiger partial charge is 0.476 e. The first-order valence-electron chi connectivity index (χ1n) is 8.82. The van der Waals surface area contributed by atoms with E-state index in [1.165, 1.54) is 18.4 Å². The number of nitrogens with zero attached hydrogens (tertiary/aromatic N) is 3. The minimum Gasteiger partial charge on any atom is -0.476 e. The lowest BCUT2D eigenvalue weighted by molar-refractivity contribution is 0.214. The Bertz CT molecular complexity index is 857. The number of pyridine rings is 1. The molecule has 1 fully saturated rings. The van der Waals surface area contributed by atoms with Crippen LogP contribution in [0.5, 0.6) is 5.88 Å². The second kappa shape index (κ2) is 7.15. The lowest BCUT2D eigenvalue weighted by atomic mass is 10.0. The van der Waals surface area contributed by atoms with Crippen molar-refractivity contribution in [3.63, 3.8) is 0 Å². The summed E-state index contributed by atoms with van der Waals surface area (Å²) in [5.74, 6) is 1.09. The molecule has 0 radical (unpaired) electrons. The van der Waals surface area contributed by atoms with Crippen molar-refractivity contribution in [2.75, 3.05) is 19.7 Å². The minimum absolute atomic E-state index is 0.519. The van der Waals surface area contributed by atoms with Crippen LogP contribution < -0.4 is 10.1 Å². The molecule has 1 atom stereocenters. The third-order valence-corrected chi connectivity index (χ3v) is 4.63. The fraction of sp³-hybridized carbons (Fsp3) is 0.350. The maximum absolute atomic E-state index is 6.09. The van der Waals surface area contributed by atoms with Crippen LogP contribution in [0, 0.1) is 12.8 Å². The average Bonchev–Trinajstić information content (AvgIpc) is 2.67. The van der Waals surface area contributed by atoms with Crippen LogP contribution in [0.2, 0.25) is 0 Å². The first-order chi connectivity index (χ1) is 12.3. The lowest BCUT2D eigenvalue weighted by Crippen LogP contribution is -2.33. The lowest BCUT2D eigenvalue weighted by Gasteiger charge is -2.22. The van der Waals surface area contributed by atoms with Crippen molar-refractivity contribution in [1.29, 1.82) is 0 Å². The van der Waals surface area contributed by atoms with Crippen LogP contribution in [0.25, 0.3) is 22.3 Å². The molecule has 0 amide bonds. The maximum atomic E-state index is 6.09. The van der Waals surface area contributed by atoms with Crippen LogP contribution in [0.1, 0.15) is 18.4 Å². The fourth-order valence-corrected chi connectivity index (χ4v) is 3.18. The number of hydrogen-bond acceptors (Lipinski definition) is 5. The molecule has 3 aromatic rings. The van der Waals surface area contributed by atoms with E-state index in [0.717, 1.165) is 35.4 Å². The Hall–Kier alpha value is -2.53. The molecule has 5 nitrogen and oxygen atoms in total. The molecule has 128 valence electrons.